The van der Waals surface area contributed by atoms with Crippen molar-refractivity contribution in [2.75, 3.05) is 52.4 Å². The Labute approximate surface area is 158 Å². The highest BCUT2D eigenvalue weighted by molar-refractivity contribution is 5.95. The van der Waals surface area contributed by atoms with Gasteiger partial charge in [0, 0.05) is 31.7 Å². The first kappa shape index (κ1) is 18.8. The average Bonchev–Trinajstić information content (AvgIpc) is 2.72. The van der Waals surface area contributed by atoms with Crippen molar-refractivity contribution in [2.45, 2.75) is 6.92 Å². The number of hydrogen-bond donors (Lipinski definition) is 0. The van der Waals surface area contributed by atoms with Gasteiger partial charge in [0.15, 0.2) is 17.3 Å². The molecular weight excluding hydrogens is 348 g/mol. The van der Waals surface area contributed by atoms with Gasteiger partial charge in [-0.25, -0.2) is 0 Å². The number of aryl methyl sites for hydroxylation is 1. The van der Waals surface area contributed by atoms with Crippen molar-refractivity contribution in [1.29, 1.82) is 0 Å². The first-order valence-electron chi connectivity index (χ1n) is 8.72. The van der Waals surface area contributed by atoms with Crippen molar-refractivity contribution in [3.63, 3.8) is 0 Å². The second-order valence-corrected chi connectivity index (χ2v) is 6.23. The molecule has 1 aromatic carbocycles. The lowest BCUT2D eigenvalue weighted by Crippen LogP contribution is -2.49. The number of aromatic nitrogens is 2. The number of ether oxygens (including phenoxy) is 3. The van der Waals surface area contributed by atoms with E-state index < -0.39 is 0 Å². The molecule has 1 aliphatic rings. The van der Waals surface area contributed by atoms with Gasteiger partial charge in [-0.05, 0) is 31.2 Å². The SMILES string of the molecule is COc1cc(C(=O)N2CCN(c3ccc(C)nn3)CC2)cc(OC)c1OC. The molecule has 1 aromatic heterocycles. The van der Waals surface area contributed by atoms with E-state index in [0.29, 0.717) is 49.0 Å². The molecule has 0 N–H and O–H groups in total. The van der Waals surface area contributed by atoms with Crippen LogP contribution >= 0.6 is 0 Å². The Morgan fingerprint density at radius 1 is 0.926 bits per heavy atom. The number of carbonyl (C=O) groups is 1. The fraction of sp³-hybridized carbons (Fsp3) is 0.421. The Morgan fingerprint density at radius 2 is 1.56 bits per heavy atom. The van der Waals surface area contributed by atoms with E-state index in [1.807, 2.05) is 24.0 Å². The van der Waals surface area contributed by atoms with Gasteiger partial charge in [0.25, 0.3) is 5.91 Å². The van der Waals surface area contributed by atoms with E-state index in [0.717, 1.165) is 11.5 Å². The van der Waals surface area contributed by atoms with Crippen LogP contribution in [0.4, 0.5) is 5.82 Å². The molecule has 0 aliphatic carbocycles. The van der Waals surface area contributed by atoms with Gasteiger partial charge in [0.2, 0.25) is 5.75 Å². The summed E-state index contributed by atoms with van der Waals surface area (Å²) in [6.07, 6.45) is 0. The molecule has 0 atom stereocenters. The third kappa shape index (κ3) is 3.89. The molecule has 1 fully saturated rings. The van der Waals surface area contributed by atoms with Gasteiger partial charge >= 0.3 is 0 Å². The molecule has 1 saturated heterocycles. The van der Waals surface area contributed by atoms with Gasteiger partial charge in [-0.15, -0.1) is 5.10 Å². The van der Waals surface area contributed by atoms with E-state index in [4.69, 9.17) is 14.2 Å². The topological polar surface area (TPSA) is 77.0 Å². The van der Waals surface area contributed by atoms with Crippen LogP contribution in [0.25, 0.3) is 0 Å². The molecule has 2 heterocycles. The van der Waals surface area contributed by atoms with Crippen LogP contribution in [-0.4, -0.2) is 68.5 Å². The number of hydrogen-bond acceptors (Lipinski definition) is 7. The summed E-state index contributed by atoms with van der Waals surface area (Å²) >= 11 is 0. The summed E-state index contributed by atoms with van der Waals surface area (Å²) in [5, 5.41) is 8.32. The van der Waals surface area contributed by atoms with E-state index in [2.05, 4.69) is 15.1 Å². The molecule has 8 nitrogen and oxygen atoms in total. The summed E-state index contributed by atoms with van der Waals surface area (Å²) in [6.45, 7) is 4.52. The second kappa shape index (κ2) is 8.11. The molecule has 2 aromatic rings. The summed E-state index contributed by atoms with van der Waals surface area (Å²) in [5.74, 6) is 2.17. The maximum Gasteiger partial charge on any atom is 0.254 e. The van der Waals surface area contributed by atoms with E-state index in [1.165, 1.54) is 21.3 Å². The Bertz CT molecular complexity index is 777. The zero-order valence-electron chi connectivity index (χ0n) is 16.1. The number of benzene rings is 1. The number of piperazine rings is 1. The minimum atomic E-state index is -0.0658. The molecule has 3 rings (SSSR count). The predicted octanol–water partition coefficient (Wildman–Crippen LogP) is 1.77. The summed E-state index contributed by atoms with van der Waals surface area (Å²) < 4.78 is 16.0. The third-order valence-electron chi connectivity index (χ3n) is 4.59. The Balaban J connectivity index is 1.73. The number of carbonyl (C=O) groups excluding carboxylic acids is 1. The Kier molecular flexibility index (Phi) is 5.63. The predicted molar refractivity (Wildman–Crippen MR) is 101 cm³/mol. The van der Waals surface area contributed by atoms with Crippen LogP contribution in [0.3, 0.4) is 0 Å². The minimum absolute atomic E-state index is 0.0658. The molecule has 1 aliphatic heterocycles. The van der Waals surface area contributed by atoms with Crippen LogP contribution < -0.4 is 19.1 Å². The van der Waals surface area contributed by atoms with E-state index in [1.54, 1.807) is 12.1 Å². The van der Waals surface area contributed by atoms with Gasteiger partial charge in [0.05, 0.1) is 27.0 Å². The zero-order chi connectivity index (χ0) is 19.4. The van der Waals surface area contributed by atoms with Crippen LogP contribution in [0.15, 0.2) is 24.3 Å². The van der Waals surface area contributed by atoms with Gasteiger partial charge < -0.3 is 24.0 Å². The molecule has 0 radical (unpaired) electrons. The number of amides is 1. The maximum absolute atomic E-state index is 13.0. The van der Waals surface area contributed by atoms with E-state index in [9.17, 15) is 4.79 Å². The lowest BCUT2D eigenvalue weighted by atomic mass is 10.1. The number of anilines is 1. The minimum Gasteiger partial charge on any atom is -0.493 e. The summed E-state index contributed by atoms with van der Waals surface area (Å²) in [7, 11) is 4.61. The van der Waals surface area contributed by atoms with Crippen LogP contribution in [0.5, 0.6) is 17.2 Å². The van der Waals surface area contributed by atoms with Crippen molar-refractivity contribution >= 4 is 11.7 Å². The van der Waals surface area contributed by atoms with Crippen molar-refractivity contribution in [3.8, 4) is 17.2 Å². The second-order valence-electron chi connectivity index (χ2n) is 6.23. The smallest absolute Gasteiger partial charge is 0.254 e. The molecule has 144 valence electrons. The number of methoxy groups -OCH3 is 3. The van der Waals surface area contributed by atoms with Gasteiger partial charge in [0.1, 0.15) is 0 Å². The summed E-state index contributed by atoms with van der Waals surface area (Å²) in [6, 6.07) is 7.26. The first-order chi connectivity index (χ1) is 13.1. The highest BCUT2D eigenvalue weighted by Crippen LogP contribution is 2.38. The fourth-order valence-corrected chi connectivity index (χ4v) is 3.09. The molecule has 27 heavy (non-hydrogen) atoms. The van der Waals surface area contributed by atoms with Crippen LogP contribution in [0.2, 0.25) is 0 Å². The van der Waals surface area contributed by atoms with Crippen LogP contribution in [-0.2, 0) is 0 Å². The zero-order valence-corrected chi connectivity index (χ0v) is 16.1. The lowest BCUT2D eigenvalue weighted by Gasteiger charge is -2.35. The maximum atomic E-state index is 13.0. The average molecular weight is 372 g/mol. The van der Waals surface area contributed by atoms with E-state index in [-0.39, 0.29) is 5.91 Å². The quantitative estimate of drug-likeness (QED) is 0.792. The Hall–Kier alpha value is -3.03. The molecule has 0 bridgehead atoms. The lowest BCUT2D eigenvalue weighted by molar-refractivity contribution is 0.0745. The van der Waals surface area contributed by atoms with Gasteiger partial charge in [-0.2, -0.15) is 5.10 Å². The molecule has 8 heteroatoms. The number of nitrogens with zero attached hydrogens (tertiary/aromatic N) is 4. The van der Waals surface area contributed by atoms with Crippen molar-refractivity contribution < 1.29 is 19.0 Å². The molecule has 1 amide bonds. The molecule has 0 spiro atoms. The highest BCUT2D eigenvalue weighted by Gasteiger charge is 2.25. The van der Waals surface area contributed by atoms with Crippen molar-refractivity contribution in [2.24, 2.45) is 0 Å². The molecular formula is C19H24N4O4. The van der Waals surface area contributed by atoms with E-state index >= 15 is 0 Å². The third-order valence-corrected chi connectivity index (χ3v) is 4.59. The van der Waals surface area contributed by atoms with Crippen molar-refractivity contribution in [1.82, 2.24) is 15.1 Å². The standard InChI is InChI=1S/C19H24N4O4/c1-13-5-6-17(21-20-13)22-7-9-23(10-8-22)19(24)14-11-15(25-2)18(27-4)16(12-14)26-3/h5-6,11-12H,7-10H2,1-4H3. The largest absolute Gasteiger partial charge is 0.493 e. The van der Waals surface area contributed by atoms with Gasteiger partial charge in [-0.3, -0.25) is 4.79 Å². The Morgan fingerprint density at radius 3 is 2.04 bits per heavy atom. The van der Waals surface area contributed by atoms with Crippen molar-refractivity contribution in [3.05, 3.63) is 35.5 Å². The highest BCUT2D eigenvalue weighted by atomic mass is 16.5. The summed E-state index contributed by atoms with van der Waals surface area (Å²) in [4.78, 5) is 16.9. The molecule has 0 unspecified atom stereocenters. The van der Waals surface area contributed by atoms with Crippen LogP contribution in [0, 0.1) is 6.92 Å². The monoisotopic (exact) mass is 372 g/mol. The number of rotatable bonds is 5. The molecule has 0 saturated carbocycles. The fourth-order valence-electron chi connectivity index (χ4n) is 3.09. The van der Waals surface area contributed by atoms with Crippen LogP contribution in [0.1, 0.15) is 16.1 Å². The summed E-state index contributed by atoms with van der Waals surface area (Å²) in [5.41, 5.74) is 1.39. The normalized spacial score (nSPS) is 14.1. The van der Waals surface area contributed by atoms with Gasteiger partial charge in [-0.1, -0.05) is 0 Å². The first-order valence-corrected chi connectivity index (χ1v) is 8.72.